The Morgan fingerprint density at radius 3 is 2.62 bits per heavy atom. The molecule has 2 atom stereocenters. The highest BCUT2D eigenvalue weighted by Gasteiger charge is 2.48. The molecule has 1 aliphatic rings. The molecule has 0 saturated carbocycles. The van der Waals surface area contributed by atoms with E-state index >= 15 is 0 Å². The van der Waals surface area contributed by atoms with Crippen LogP contribution >= 0.6 is 0 Å². The molecule has 0 unspecified atom stereocenters. The van der Waals surface area contributed by atoms with E-state index in [0.717, 1.165) is 5.56 Å². The number of aliphatic hydroxyl groups excluding tert-OH is 1. The maximum Gasteiger partial charge on any atom is 0.279 e. The lowest BCUT2D eigenvalue weighted by molar-refractivity contribution is -0.137. The summed E-state index contributed by atoms with van der Waals surface area (Å²) in [7, 11) is 0. The second-order valence-corrected chi connectivity index (χ2v) is 9.84. The number of aliphatic hydroxyl groups is 2. The SMILES string of the molecule is C[C@@H](/C=C/CC(=O)N(CCO)Cc1ccccc1)[C@]1(O)C(=O)Nc2ccc(-n3ncc4ccccc4c3=O)cc21. The molecule has 2 amide bonds. The van der Waals surface area contributed by atoms with Crippen LogP contribution in [0.15, 0.2) is 95.9 Å². The number of nitrogens with zero attached hydrogens (tertiary/aromatic N) is 3. The van der Waals surface area contributed by atoms with Crippen LogP contribution in [-0.2, 0) is 21.7 Å². The Kier molecular flexibility index (Phi) is 7.59. The number of carbonyl (C=O) groups excluding carboxylic acids is 2. The number of benzene rings is 3. The molecule has 0 saturated heterocycles. The van der Waals surface area contributed by atoms with Gasteiger partial charge in [-0.2, -0.15) is 9.78 Å². The summed E-state index contributed by atoms with van der Waals surface area (Å²) in [6.07, 6.45) is 4.90. The largest absolute Gasteiger partial charge is 0.395 e. The molecule has 3 aromatic carbocycles. The minimum absolute atomic E-state index is 0.0399. The van der Waals surface area contributed by atoms with Crippen molar-refractivity contribution in [1.82, 2.24) is 14.7 Å². The number of fused-ring (bicyclic) bond motifs is 2. The van der Waals surface area contributed by atoms with Crippen molar-refractivity contribution in [1.29, 1.82) is 0 Å². The Morgan fingerprint density at radius 1 is 1.10 bits per heavy atom. The zero-order chi connectivity index (χ0) is 28.3. The quantitative estimate of drug-likeness (QED) is 0.281. The normalized spacial score (nSPS) is 17.1. The lowest BCUT2D eigenvalue weighted by Crippen LogP contribution is -2.40. The lowest BCUT2D eigenvalue weighted by Gasteiger charge is -2.26. The molecule has 40 heavy (non-hydrogen) atoms. The maximum atomic E-state index is 13.1. The molecular formula is C31H30N4O5. The summed E-state index contributed by atoms with van der Waals surface area (Å²) in [4.78, 5) is 40.6. The van der Waals surface area contributed by atoms with Crippen molar-refractivity contribution >= 4 is 28.3 Å². The van der Waals surface area contributed by atoms with Crippen LogP contribution in [0.1, 0.15) is 24.5 Å². The lowest BCUT2D eigenvalue weighted by atomic mass is 9.82. The number of amides is 2. The van der Waals surface area contributed by atoms with Crippen LogP contribution in [0.2, 0.25) is 0 Å². The van der Waals surface area contributed by atoms with Gasteiger partial charge in [0.25, 0.3) is 11.5 Å². The molecule has 2 heterocycles. The molecule has 1 aromatic heterocycles. The van der Waals surface area contributed by atoms with E-state index in [1.807, 2.05) is 42.5 Å². The van der Waals surface area contributed by atoms with Gasteiger partial charge in [0.15, 0.2) is 5.60 Å². The topological polar surface area (TPSA) is 125 Å². The van der Waals surface area contributed by atoms with Gasteiger partial charge in [-0.1, -0.05) is 67.6 Å². The minimum atomic E-state index is -1.92. The fourth-order valence-corrected chi connectivity index (χ4v) is 5.01. The van der Waals surface area contributed by atoms with E-state index < -0.39 is 17.4 Å². The first-order chi connectivity index (χ1) is 19.3. The second-order valence-electron chi connectivity index (χ2n) is 9.84. The third kappa shape index (κ3) is 5.04. The summed E-state index contributed by atoms with van der Waals surface area (Å²) in [6, 6.07) is 21.5. The van der Waals surface area contributed by atoms with Crippen molar-refractivity contribution in [2.24, 2.45) is 5.92 Å². The number of hydrogen-bond donors (Lipinski definition) is 3. The first kappa shape index (κ1) is 27.0. The predicted molar refractivity (Wildman–Crippen MR) is 152 cm³/mol. The molecule has 9 nitrogen and oxygen atoms in total. The maximum absolute atomic E-state index is 13.1. The van der Waals surface area contributed by atoms with Crippen LogP contribution in [-0.4, -0.2) is 49.9 Å². The average molecular weight is 539 g/mol. The molecule has 1 aliphatic heterocycles. The molecule has 0 aliphatic carbocycles. The third-order valence-electron chi connectivity index (χ3n) is 7.26. The molecule has 204 valence electrons. The van der Waals surface area contributed by atoms with Crippen molar-refractivity contribution in [2.45, 2.75) is 25.5 Å². The van der Waals surface area contributed by atoms with E-state index in [-0.39, 0.29) is 31.0 Å². The number of hydrogen-bond acceptors (Lipinski definition) is 6. The van der Waals surface area contributed by atoms with Crippen molar-refractivity contribution in [2.75, 3.05) is 18.5 Å². The van der Waals surface area contributed by atoms with Gasteiger partial charge in [0.1, 0.15) is 0 Å². The van der Waals surface area contributed by atoms with Crippen molar-refractivity contribution in [3.05, 3.63) is 113 Å². The smallest absolute Gasteiger partial charge is 0.279 e. The third-order valence-corrected chi connectivity index (χ3v) is 7.26. The summed E-state index contributed by atoms with van der Waals surface area (Å²) in [5, 5.41) is 29.3. The Balaban J connectivity index is 1.37. The van der Waals surface area contributed by atoms with Crippen LogP contribution in [0.5, 0.6) is 0 Å². The molecule has 4 aromatic rings. The zero-order valence-corrected chi connectivity index (χ0v) is 22.0. The van der Waals surface area contributed by atoms with Crippen LogP contribution in [0.25, 0.3) is 16.5 Å². The van der Waals surface area contributed by atoms with Crippen molar-refractivity contribution < 1.29 is 19.8 Å². The van der Waals surface area contributed by atoms with Crippen molar-refractivity contribution in [3.8, 4) is 5.69 Å². The van der Waals surface area contributed by atoms with E-state index in [2.05, 4.69) is 10.4 Å². The highest BCUT2D eigenvalue weighted by molar-refractivity contribution is 6.05. The first-order valence-electron chi connectivity index (χ1n) is 13.1. The number of carbonyl (C=O) groups is 2. The number of anilines is 1. The summed E-state index contributed by atoms with van der Waals surface area (Å²) in [5.74, 6) is -1.47. The van der Waals surface area contributed by atoms with E-state index in [9.17, 15) is 24.6 Å². The Morgan fingerprint density at radius 2 is 1.85 bits per heavy atom. The number of nitrogens with one attached hydrogen (secondary N) is 1. The number of aromatic nitrogens is 2. The summed E-state index contributed by atoms with van der Waals surface area (Å²) >= 11 is 0. The Hall–Kier alpha value is -4.60. The van der Waals surface area contributed by atoms with Gasteiger partial charge >= 0.3 is 0 Å². The van der Waals surface area contributed by atoms with Crippen LogP contribution < -0.4 is 10.9 Å². The van der Waals surface area contributed by atoms with Crippen LogP contribution in [0, 0.1) is 5.92 Å². The van der Waals surface area contributed by atoms with E-state index in [4.69, 9.17) is 0 Å². The highest BCUT2D eigenvalue weighted by atomic mass is 16.3. The van der Waals surface area contributed by atoms with Gasteiger partial charge in [-0.05, 0) is 29.8 Å². The summed E-state index contributed by atoms with van der Waals surface area (Å²) in [6.45, 7) is 2.10. The molecule has 3 N–H and O–H groups in total. The molecule has 0 radical (unpaired) electrons. The minimum Gasteiger partial charge on any atom is -0.395 e. The van der Waals surface area contributed by atoms with E-state index in [1.165, 1.54) is 4.68 Å². The molecular weight excluding hydrogens is 508 g/mol. The molecule has 5 rings (SSSR count). The molecule has 0 fully saturated rings. The summed E-state index contributed by atoms with van der Waals surface area (Å²) < 4.78 is 1.24. The Labute approximate surface area is 231 Å². The monoisotopic (exact) mass is 538 g/mol. The fraction of sp³-hybridized carbons (Fsp3) is 0.226. The standard InChI is InChI=1S/C31H30N4O5/c1-21(8-7-13-28(37)34(16-17-36)20-22-9-3-2-4-10-22)31(40)26-18-24(14-15-27(26)33-30(31)39)35-29(38)25-12-6-5-11-23(25)19-32-35/h2-12,14-15,18-19,21,36,40H,13,16-17,20H2,1H3,(H,33,39)/b8-7+/t21-,31+/m0/s1. The number of rotatable bonds is 9. The van der Waals surface area contributed by atoms with Crippen LogP contribution in [0.3, 0.4) is 0 Å². The predicted octanol–water partition coefficient (Wildman–Crippen LogP) is 3.13. The van der Waals surface area contributed by atoms with E-state index in [0.29, 0.717) is 34.3 Å². The second kappa shape index (κ2) is 11.3. The molecule has 9 heteroatoms. The van der Waals surface area contributed by atoms with Gasteiger partial charge in [-0.25, -0.2) is 0 Å². The first-order valence-corrected chi connectivity index (χ1v) is 13.1. The molecule has 0 bridgehead atoms. The highest BCUT2D eigenvalue weighted by Crippen LogP contribution is 2.42. The van der Waals surface area contributed by atoms with Crippen molar-refractivity contribution in [3.63, 3.8) is 0 Å². The summed E-state index contributed by atoms with van der Waals surface area (Å²) in [5.41, 5.74) is -0.0967. The van der Waals surface area contributed by atoms with Gasteiger partial charge in [-0.3, -0.25) is 14.4 Å². The fourth-order valence-electron chi connectivity index (χ4n) is 5.01. The zero-order valence-electron chi connectivity index (χ0n) is 22.0. The van der Waals surface area contributed by atoms with Crippen LogP contribution in [0.4, 0.5) is 5.69 Å². The van der Waals surface area contributed by atoms with Gasteiger partial charge in [0, 0.05) is 42.1 Å². The average Bonchev–Trinajstić information content (AvgIpc) is 3.23. The Bertz CT molecular complexity index is 1650. The van der Waals surface area contributed by atoms with Gasteiger partial charge < -0.3 is 20.4 Å². The van der Waals surface area contributed by atoms with Gasteiger partial charge in [0.05, 0.1) is 23.9 Å². The van der Waals surface area contributed by atoms with Gasteiger partial charge in [-0.15, -0.1) is 0 Å². The van der Waals surface area contributed by atoms with Gasteiger partial charge in [0.2, 0.25) is 5.91 Å². The van der Waals surface area contributed by atoms with E-state index in [1.54, 1.807) is 60.5 Å². The molecule has 0 spiro atoms.